The number of nitrogens with zero attached hydrogens (tertiary/aromatic N) is 10. The van der Waals surface area contributed by atoms with Crippen molar-refractivity contribution in [2.45, 2.75) is 55.6 Å². The molecular weight excluding hydrogens is 951 g/mol. The Morgan fingerprint density at radius 1 is 0.853 bits per heavy atom. The van der Waals surface area contributed by atoms with Gasteiger partial charge in [-0.3, -0.25) is 23.2 Å². The standard InChI is InChI=1S/C40H35BF2N12O10P2S/c1-45-14-16-59-67(68)61-18-26-31(27(42)39(63-26)54-21-50-29-33(46-19-48-35(29)54)52-37(56)23-9-4-2-5-10-23)64-66(41,58-15-8-13-44)60-17-25-32(65-67)28(43)40(62-25)55-22-51-30-34(47-20-49-36(30)55)53-38(57)24-11-6-3-7-12-24/h2-7,9-12,19-22,25-28,31-32,39-40H,8,14-18H2,(H-,46,47,48,49,52,53,56,57)/q-1/p+1/t25-,26-,27+,28?,31?,32+,39-,40-,66?,67?/m1/s1. The Kier molecular flexibility index (Phi) is 14.2. The number of hydrogen-bond acceptors (Lipinski definition) is 18. The molecule has 7 heterocycles. The number of rotatable bonds is 12. The van der Waals surface area contributed by atoms with Crippen molar-refractivity contribution in [3.05, 3.63) is 109 Å². The molecule has 10 atom stereocenters. The topological polar surface area (TPSA) is 247 Å². The highest BCUT2D eigenvalue weighted by molar-refractivity contribution is 8.07. The molecule has 22 nitrogen and oxygen atoms in total. The molecule has 3 aliphatic heterocycles. The van der Waals surface area contributed by atoms with Gasteiger partial charge in [-0.25, -0.2) is 58.8 Å². The van der Waals surface area contributed by atoms with Crippen molar-refractivity contribution in [2.75, 3.05) is 43.6 Å². The number of nitrogens with one attached hydrogen (secondary N) is 2. The van der Waals surface area contributed by atoms with Crippen LogP contribution in [0.15, 0.2) is 86.0 Å². The molecule has 349 valence electrons. The van der Waals surface area contributed by atoms with E-state index in [0.29, 0.717) is 11.1 Å². The maximum Gasteiger partial charge on any atom is 0.328 e. The SMILES string of the molecule is [B-][P+]1(OCCC#N)OC[C@H]2O[C@@H](n3cnc4c(NC(=O)c5ccccc5)ncnc43)C(F)[C@H]2OP(=S)(OCC[N+]#[C-])OC[C@H]2O[C@@H](n3cnc4c(NC(=O)c5ccccc5)ncnc43)[C@@H](F)C2O1. The molecule has 9 rings (SSSR count). The first kappa shape index (κ1) is 47.2. The molecule has 2 amide bonds. The van der Waals surface area contributed by atoms with E-state index in [1.54, 1.807) is 60.7 Å². The number of amides is 2. The molecule has 2 aromatic carbocycles. The average molecular weight is 988 g/mol. The van der Waals surface area contributed by atoms with Crippen LogP contribution in [0.2, 0.25) is 0 Å². The van der Waals surface area contributed by atoms with E-state index in [9.17, 15) is 14.9 Å². The zero-order chi connectivity index (χ0) is 47.4. The van der Waals surface area contributed by atoms with E-state index in [1.807, 2.05) is 6.07 Å². The summed E-state index contributed by atoms with van der Waals surface area (Å²) in [5, 5.41) is 14.7. The van der Waals surface area contributed by atoms with E-state index in [0.717, 1.165) is 12.7 Å². The first-order chi connectivity index (χ1) is 33.0. The minimum atomic E-state index is -4.19. The lowest BCUT2D eigenvalue weighted by Gasteiger charge is -2.36. The van der Waals surface area contributed by atoms with Crippen LogP contribution >= 0.6 is 14.5 Å². The highest BCUT2D eigenvalue weighted by Crippen LogP contribution is 2.62. The summed E-state index contributed by atoms with van der Waals surface area (Å²) in [7, 11) is 2.50. The summed E-state index contributed by atoms with van der Waals surface area (Å²) in [5.74, 6) is -0.880. The molecule has 4 aromatic heterocycles. The van der Waals surface area contributed by atoms with Gasteiger partial charge in [0, 0.05) is 11.1 Å². The molecule has 4 unspecified atom stereocenters. The minimum absolute atomic E-state index is 0.0374. The van der Waals surface area contributed by atoms with Crippen LogP contribution in [0.3, 0.4) is 0 Å². The first-order valence-corrected chi connectivity index (χ1v) is 24.7. The summed E-state index contributed by atoms with van der Waals surface area (Å²) >= 11 is 5.82. The van der Waals surface area contributed by atoms with Crippen LogP contribution in [0.25, 0.3) is 27.2 Å². The van der Waals surface area contributed by atoms with Gasteiger partial charge in [-0.2, -0.15) is 12.8 Å². The third kappa shape index (κ3) is 9.85. The van der Waals surface area contributed by atoms with Crippen LogP contribution in [-0.4, -0.2) is 128 Å². The third-order valence-corrected chi connectivity index (χ3v) is 14.6. The van der Waals surface area contributed by atoms with E-state index in [-0.39, 0.29) is 60.1 Å². The van der Waals surface area contributed by atoms with Gasteiger partial charge >= 0.3 is 6.72 Å². The number of anilines is 2. The highest BCUT2D eigenvalue weighted by Gasteiger charge is 2.55. The van der Waals surface area contributed by atoms with Gasteiger partial charge in [0.25, 0.3) is 11.8 Å². The highest BCUT2D eigenvalue weighted by atomic mass is 32.5. The van der Waals surface area contributed by atoms with Gasteiger partial charge in [0.15, 0.2) is 64.9 Å². The molecular formula is C40H36BF2N12O10P2S. The van der Waals surface area contributed by atoms with Crippen LogP contribution in [0.4, 0.5) is 20.4 Å². The molecule has 0 aliphatic carbocycles. The molecule has 28 heteroatoms. The molecule has 68 heavy (non-hydrogen) atoms. The van der Waals surface area contributed by atoms with Crippen molar-refractivity contribution in [1.82, 2.24) is 39.0 Å². The first-order valence-electron chi connectivity index (χ1n) is 20.6. The molecule has 0 spiro atoms. The second-order valence-electron chi connectivity index (χ2n) is 14.9. The van der Waals surface area contributed by atoms with Crippen molar-refractivity contribution in [1.29, 1.82) is 5.26 Å². The van der Waals surface area contributed by atoms with Crippen molar-refractivity contribution < 1.29 is 55.0 Å². The molecule has 0 saturated carbocycles. The van der Waals surface area contributed by atoms with Gasteiger partial charge in [0.05, 0.1) is 31.8 Å². The summed E-state index contributed by atoms with van der Waals surface area (Å²) in [4.78, 5) is 55.0. The lowest BCUT2D eigenvalue weighted by molar-refractivity contribution is -0.0618. The van der Waals surface area contributed by atoms with Crippen LogP contribution in [-0.2, 0) is 48.4 Å². The molecule has 6 aromatic rings. The minimum Gasteiger partial charge on any atom is -0.346 e. The Balaban J connectivity index is 1.01. The van der Waals surface area contributed by atoms with Gasteiger partial charge in [-0.1, -0.05) is 36.4 Å². The van der Waals surface area contributed by atoms with Gasteiger partial charge in [0.2, 0.25) is 6.54 Å². The van der Waals surface area contributed by atoms with E-state index < -0.39 is 88.8 Å². The largest absolute Gasteiger partial charge is 0.346 e. The van der Waals surface area contributed by atoms with E-state index in [4.69, 9.17) is 62.6 Å². The number of imidazole rings is 2. The molecule has 3 aliphatic rings. The van der Waals surface area contributed by atoms with E-state index in [2.05, 4.69) is 45.4 Å². The predicted molar refractivity (Wildman–Crippen MR) is 239 cm³/mol. The maximum absolute atomic E-state index is 17.1. The Hall–Kier alpha value is -5.86. The number of benzene rings is 2. The van der Waals surface area contributed by atoms with Crippen molar-refractivity contribution >= 4 is 79.7 Å². The average Bonchev–Trinajstić information content (AvgIpc) is 4.12. The van der Waals surface area contributed by atoms with Crippen molar-refractivity contribution in [2.24, 2.45) is 0 Å². The van der Waals surface area contributed by atoms with Crippen LogP contribution < -0.4 is 10.6 Å². The normalized spacial score (nSPS) is 28.4. The van der Waals surface area contributed by atoms with E-state index in [1.165, 1.54) is 21.8 Å². The maximum atomic E-state index is 17.1. The number of alkyl halides is 2. The molecule has 2 N–H and O–H groups in total. The molecule has 3 radical (unpaired) electrons. The third-order valence-electron chi connectivity index (χ3n) is 10.6. The van der Waals surface area contributed by atoms with E-state index >= 15 is 8.78 Å². The number of hydrogen-bond donors (Lipinski definition) is 2. The molecule has 0 bridgehead atoms. The van der Waals surface area contributed by atoms with Crippen molar-refractivity contribution in [3.63, 3.8) is 0 Å². The Morgan fingerprint density at radius 2 is 1.40 bits per heavy atom. The summed E-state index contributed by atoms with van der Waals surface area (Å²) in [6.45, 7) is 1.20. The second kappa shape index (κ2) is 20.4. The van der Waals surface area contributed by atoms with Gasteiger partial charge < -0.3 is 34.0 Å². The Bertz CT molecular complexity index is 2940. The summed E-state index contributed by atoms with van der Waals surface area (Å²) in [5.41, 5.74) is 1.05. The number of aromatic nitrogens is 8. The van der Waals surface area contributed by atoms with Gasteiger partial charge in [0.1, 0.15) is 58.6 Å². The molecule has 3 saturated heterocycles. The smallest absolute Gasteiger partial charge is 0.328 e. The zero-order valence-electron chi connectivity index (χ0n) is 35.1. The zero-order valence-corrected chi connectivity index (χ0v) is 37.7. The molecule has 3 fully saturated rings. The van der Waals surface area contributed by atoms with Crippen LogP contribution in [0.1, 0.15) is 39.6 Å². The number of halogens is 2. The predicted octanol–water partition coefficient (Wildman–Crippen LogP) is 5.40. The second-order valence-corrected chi connectivity index (χ2v) is 19.7. The fourth-order valence-electron chi connectivity index (χ4n) is 7.43. The van der Waals surface area contributed by atoms with Gasteiger partial charge in [-0.05, 0) is 36.1 Å². The fraction of sp³-hybridized carbons (Fsp3) is 0.350. The number of carbonyl (C=O) groups excluding carboxylic acids is 2. The summed E-state index contributed by atoms with van der Waals surface area (Å²) in [6, 6.07) is 18.7. The lowest BCUT2D eigenvalue weighted by Crippen LogP contribution is -2.38. The van der Waals surface area contributed by atoms with Crippen molar-refractivity contribution in [3.8, 4) is 6.07 Å². The van der Waals surface area contributed by atoms with Gasteiger partial charge in [-0.15, -0.1) is 0 Å². The number of ether oxygens (including phenoxy) is 2. The fourth-order valence-corrected chi connectivity index (χ4v) is 11.0. The van der Waals surface area contributed by atoms with Crippen LogP contribution in [0.5, 0.6) is 0 Å². The number of nitriles is 1. The Labute approximate surface area is 391 Å². The number of fused-ring (bicyclic) bond motifs is 4. The van der Waals surface area contributed by atoms with Crippen LogP contribution in [0, 0.1) is 17.9 Å². The summed E-state index contributed by atoms with van der Waals surface area (Å²) in [6.07, 6.45) is -8.66. The monoisotopic (exact) mass is 987 g/mol. The Morgan fingerprint density at radius 3 is 1.94 bits per heavy atom. The lowest BCUT2D eigenvalue weighted by atomic mass is 10.1. The summed E-state index contributed by atoms with van der Waals surface area (Å²) < 4.78 is 85.7. The quantitative estimate of drug-likeness (QED) is 0.0675. The number of carbonyl (C=O) groups is 2.